The Hall–Kier alpha value is -5.47. The topological polar surface area (TPSA) is 153 Å². The first kappa shape index (κ1) is 49.4. The Balaban J connectivity index is 1.17. The second-order valence-electron chi connectivity index (χ2n) is 20.1. The zero-order valence-corrected chi connectivity index (χ0v) is 40.7. The van der Waals surface area contributed by atoms with Crippen LogP contribution >= 0.6 is 0 Å². The first-order valence-corrected chi connectivity index (χ1v) is 23.8. The molecular formula is C54H71N5O8. The fraction of sp³-hybridized carbons (Fsp3) is 0.500. The van der Waals surface area contributed by atoms with Crippen molar-refractivity contribution in [2.45, 2.75) is 96.7 Å². The summed E-state index contributed by atoms with van der Waals surface area (Å²) < 4.78 is 12.3. The molecule has 8 rings (SSSR count). The molecule has 4 aliphatic rings. The van der Waals surface area contributed by atoms with E-state index in [0.717, 1.165) is 46.3 Å². The van der Waals surface area contributed by atoms with Gasteiger partial charge in [0, 0.05) is 61.5 Å². The summed E-state index contributed by atoms with van der Waals surface area (Å²) in [6, 6.07) is 27.3. The molecule has 0 spiro atoms. The van der Waals surface area contributed by atoms with Gasteiger partial charge < -0.3 is 40.1 Å². The van der Waals surface area contributed by atoms with Crippen LogP contribution in [0.1, 0.15) is 74.0 Å². The van der Waals surface area contributed by atoms with Crippen LogP contribution in [0.3, 0.4) is 0 Å². The van der Waals surface area contributed by atoms with Crippen LogP contribution in [0.15, 0.2) is 91.0 Å². The minimum absolute atomic E-state index is 0.0344. The normalized spacial score (nSPS) is 24.0. The van der Waals surface area contributed by atoms with Gasteiger partial charge in [-0.05, 0) is 117 Å². The van der Waals surface area contributed by atoms with Crippen molar-refractivity contribution in [2.75, 3.05) is 53.4 Å². The summed E-state index contributed by atoms with van der Waals surface area (Å²) in [7, 11) is 9.48. The number of hydrogen-bond acceptors (Lipinski definition) is 11. The number of rotatable bonds is 19. The molecule has 4 aromatic rings. The number of likely N-dealkylation sites (N-methyl/N-ethyl adjacent to an activating group) is 1. The highest BCUT2D eigenvalue weighted by Gasteiger charge is 2.57. The van der Waals surface area contributed by atoms with Gasteiger partial charge in [-0.15, -0.1) is 0 Å². The summed E-state index contributed by atoms with van der Waals surface area (Å²) >= 11 is 0. The lowest BCUT2D eigenvalue weighted by Gasteiger charge is -2.62. The molecule has 13 heteroatoms. The van der Waals surface area contributed by atoms with Crippen molar-refractivity contribution in [3.05, 3.63) is 113 Å². The number of nitrogens with zero attached hydrogens (tertiary/aromatic N) is 3. The highest BCUT2D eigenvalue weighted by atomic mass is 16.7. The number of phenols is 1. The fourth-order valence-electron chi connectivity index (χ4n) is 11.0. The number of phenolic OH excluding ortho intramolecular Hbond substituents is 1. The molecular weight excluding hydrogens is 847 g/mol. The maximum atomic E-state index is 14.9. The predicted octanol–water partition coefficient (Wildman–Crippen LogP) is 6.88. The van der Waals surface area contributed by atoms with Crippen molar-refractivity contribution in [1.29, 1.82) is 0 Å². The van der Waals surface area contributed by atoms with Gasteiger partial charge in [-0.25, -0.2) is 0 Å². The van der Waals surface area contributed by atoms with Gasteiger partial charge in [-0.1, -0.05) is 81.4 Å². The fourth-order valence-corrected chi connectivity index (χ4v) is 11.0. The molecule has 0 aromatic heterocycles. The average Bonchev–Trinajstić information content (AvgIpc) is 3.67. The molecule has 2 bridgehead atoms. The molecule has 2 amide bonds. The monoisotopic (exact) mass is 918 g/mol. The van der Waals surface area contributed by atoms with E-state index in [9.17, 15) is 24.6 Å². The Bertz CT molecular complexity index is 2340. The summed E-state index contributed by atoms with van der Waals surface area (Å²) in [5.41, 5.74) is 5.82. The number of aliphatic hydroxyl groups is 1. The molecule has 0 unspecified atom stereocenters. The van der Waals surface area contributed by atoms with E-state index >= 15 is 0 Å². The second kappa shape index (κ2) is 21.2. The number of ether oxygens (including phenoxy) is 2. The Morgan fingerprint density at radius 2 is 1.67 bits per heavy atom. The van der Waals surface area contributed by atoms with Gasteiger partial charge in [0.15, 0.2) is 0 Å². The SMILES string of the molecule is COc1c(CN2O[C@@H](CO)[C@@H]([C@H](C)OC(=O)CCc3ccc(O)cc3)[C@H]2C(=O)N[C@H]2C[C@H]3C[C@@H]([C@@H]2C)C3(C)C)cccc1-c1cc(C(=O)N[C@@H](Cc2ccccc2)CN(C)C)cc(N(C)C)c1. The number of para-hydroxylation sites is 1. The lowest BCUT2D eigenvalue weighted by Crippen LogP contribution is -2.62. The Kier molecular flexibility index (Phi) is 15.7. The molecule has 1 heterocycles. The van der Waals surface area contributed by atoms with Crippen LogP contribution < -0.4 is 20.3 Å². The number of hydrogen-bond donors (Lipinski definition) is 4. The van der Waals surface area contributed by atoms with Crippen LogP contribution in [0.4, 0.5) is 5.69 Å². The number of methoxy groups -OCH3 is 1. The van der Waals surface area contributed by atoms with Crippen LogP contribution in [-0.2, 0) is 38.5 Å². The molecule has 4 N–H and O–H groups in total. The van der Waals surface area contributed by atoms with E-state index in [2.05, 4.69) is 48.4 Å². The first-order valence-electron chi connectivity index (χ1n) is 23.8. The van der Waals surface area contributed by atoms with Gasteiger partial charge >= 0.3 is 5.97 Å². The Morgan fingerprint density at radius 3 is 2.31 bits per heavy atom. The average molecular weight is 918 g/mol. The van der Waals surface area contributed by atoms with Crippen molar-refractivity contribution in [3.63, 3.8) is 0 Å². The number of anilines is 1. The van der Waals surface area contributed by atoms with Gasteiger partial charge in [-0.2, -0.15) is 5.06 Å². The van der Waals surface area contributed by atoms with Crippen LogP contribution in [-0.4, -0.2) is 117 Å². The number of amides is 2. The maximum absolute atomic E-state index is 14.9. The van der Waals surface area contributed by atoms with Gasteiger partial charge in [0.1, 0.15) is 29.7 Å². The number of carbonyl (C=O) groups excluding carboxylic acids is 3. The lowest BCUT2D eigenvalue weighted by molar-refractivity contribution is -0.183. The van der Waals surface area contributed by atoms with E-state index < -0.39 is 36.7 Å². The van der Waals surface area contributed by atoms with Gasteiger partial charge in [0.2, 0.25) is 5.91 Å². The lowest BCUT2D eigenvalue weighted by atomic mass is 9.45. The maximum Gasteiger partial charge on any atom is 0.306 e. The zero-order valence-electron chi connectivity index (χ0n) is 40.7. The van der Waals surface area contributed by atoms with Gasteiger partial charge in [0.05, 0.1) is 26.2 Å². The summed E-state index contributed by atoms with van der Waals surface area (Å²) in [4.78, 5) is 53.0. The summed E-state index contributed by atoms with van der Waals surface area (Å²) in [5, 5.41) is 28.9. The van der Waals surface area contributed by atoms with Crippen molar-refractivity contribution in [1.82, 2.24) is 20.6 Å². The minimum atomic E-state index is -0.928. The number of carbonyl (C=O) groups is 3. The smallest absolute Gasteiger partial charge is 0.306 e. The summed E-state index contributed by atoms with van der Waals surface area (Å²) in [5.74, 6) is 0.397. The zero-order chi connectivity index (χ0) is 48.2. The highest BCUT2D eigenvalue weighted by Crippen LogP contribution is 2.61. The predicted molar refractivity (Wildman–Crippen MR) is 261 cm³/mol. The van der Waals surface area contributed by atoms with Crippen LogP contribution in [0.5, 0.6) is 11.5 Å². The van der Waals surface area contributed by atoms with Crippen molar-refractivity contribution < 1.29 is 38.9 Å². The quantitative estimate of drug-likeness (QED) is 0.0729. The third-order valence-electron chi connectivity index (χ3n) is 14.8. The standard InChI is InChI=1S/C54H71N5O8/c1-33-45-28-40(54(45,3)4)29-46(33)56-53(64)50-49(34(2)66-48(62)23-20-35-18-21-43(61)22-19-35)47(32-60)67-59(50)30-37-16-13-17-44(51(37)65-9)38-25-39(27-42(26-38)58(7)8)52(63)55-41(31-57(5)6)24-36-14-11-10-12-15-36/h10-19,21-22,25-27,33-34,40-41,45-47,49-50,60-61H,20,23-24,28-32H2,1-9H3,(H,55,63)(H,56,64)/t33-,34-,40+,41-,45-,46-,47-,49+,50-/m0/s1. The highest BCUT2D eigenvalue weighted by molar-refractivity contribution is 5.97. The minimum Gasteiger partial charge on any atom is -0.508 e. The number of esters is 1. The van der Waals surface area contributed by atoms with Gasteiger partial charge in [0.25, 0.3) is 5.91 Å². The molecule has 3 aliphatic carbocycles. The number of benzene rings is 4. The third kappa shape index (κ3) is 11.3. The molecule has 1 aliphatic heterocycles. The largest absolute Gasteiger partial charge is 0.508 e. The molecule has 3 saturated carbocycles. The number of aromatic hydroxyl groups is 1. The van der Waals surface area contributed by atoms with E-state index in [4.69, 9.17) is 14.3 Å². The van der Waals surface area contributed by atoms with Crippen molar-refractivity contribution in [3.8, 4) is 22.6 Å². The molecule has 67 heavy (non-hydrogen) atoms. The molecule has 9 atom stereocenters. The number of nitrogens with one attached hydrogen (secondary N) is 2. The van der Waals surface area contributed by atoms with Crippen molar-refractivity contribution in [2.24, 2.45) is 29.1 Å². The molecule has 0 radical (unpaired) electrons. The van der Waals surface area contributed by atoms with Crippen LogP contribution in [0.25, 0.3) is 11.1 Å². The Labute approximate surface area is 396 Å². The third-order valence-corrected chi connectivity index (χ3v) is 14.8. The summed E-state index contributed by atoms with van der Waals surface area (Å²) in [6.07, 6.45) is 1.59. The van der Waals surface area contributed by atoms with Gasteiger partial charge in [-0.3, -0.25) is 19.2 Å². The van der Waals surface area contributed by atoms with E-state index in [0.29, 0.717) is 42.5 Å². The summed E-state index contributed by atoms with van der Waals surface area (Å²) in [6.45, 7) is 9.01. The molecule has 4 aromatic carbocycles. The van der Waals surface area contributed by atoms with Crippen LogP contribution in [0, 0.1) is 29.1 Å². The number of hydroxylamine groups is 2. The van der Waals surface area contributed by atoms with E-state index in [-0.39, 0.29) is 53.9 Å². The first-order chi connectivity index (χ1) is 32.0. The van der Waals surface area contributed by atoms with E-state index in [1.54, 1.807) is 43.4 Å². The molecule has 360 valence electrons. The number of aliphatic hydroxyl groups excluding tert-OH is 1. The molecule has 1 saturated heterocycles. The number of aryl methyl sites for hydroxylation is 1. The van der Waals surface area contributed by atoms with Crippen LogP contribution in [0.2, 0.25) is 0 Å². The van der Waals surface area contributed by atoms with E-state index in [1.807, 2.05) is 87.7 Å². The molecule has 4 fully saturated rings. The van der Waals surface area contributed by atoms with E-state index in [1.165, 1.54) is 0 Å². The number of fused-ring (bicyclic) bond motifs is 2. The molecule has 13 nitrogen and oxygen atoms in total. The second-order valence-corrected chi connectivity index (χ2v) is 20.1. The van der Waals surface area contributed by atoms with Crippen molar-refractivity contribution >= 4 is 23.5 Å². The Morgan fingerprint density at radius 1 is 0.940 bits per heavy atom.